The van der Waals surface area contributed by atoms with Gasteiger partial charge >= 0.3 is 0 Å². The lowest BCUT2D eigenvalue weighted by Crippen LogP contribution is -2.26. The predicted octanol–water partition coefficient (Wildman–Crippen LogP) is 3.78. The summed E-state index contributed by atoms with van der Waals surface area (Å²) in [4.78, 5) is 11.2. The van der Waals surface area contributed by atoms with Crippen molar-refractivity contribution in [1.82, 2.24) is 5.32 Å². The van der Waals surface area contributed by atoms with Gasteiger partial charge in [-0.25, -0.2) is 0 Å². The highest BCUT2D eigenvalue weighted by molar-refractivity contribution is 5.76. The van der Waals surface area contributed by atoms with Crippen molar-refractivity contribution in [3.8, 4) is 0 Å². The second-order valence-electron chi connectivity index (χ2n) is 3.88. The van der Waals surface area contributed by atoms with E-state index in [4.69, 9.17) is 0 Å². The molecule has 2 heteroatoms. The predicted molar refractivity (Wildman–Crippen MR) is 79.3 cm³/mol. The second kappa shape index (κ2) is 10.6. The molecule has 0 spiro atoms. The van der Waals surface area contributed by atoms with E-state index in [0.29, 0.717) is 12.3 Å². The molecule has 0 aromatic carbocycles. The third-order valence-corrected chi connectivity index (χ3v) is 2.75. The van der Waals surface area contributed by atoms with Crippen LogP contribution in [-0.2, 0) is 4.79 Å². The minimum absolute atomic E-state index is 0.160. The van der Waals surface area contributed by atoms with Crippen LogP contribution in [0.2, 0.25) is 0 Å². The topological polar surface area (TPSA) is 29.1 Å². The van der Waals surface area contributed by atoms with Crippen LogP contribution in [-0.4, -0.2) is 12.5 Å². The summed E-state index contributed by atoms with van der Waals surface area (Å²) in [5, 5.41) is 2.93. The van der Waals surface area contributed by atoms with Crippen LogP contribution in [0.3, 0.4) is 0 Å². The monoisotopic (exact) mass is 247 g/mol. The Morgan fingerprint density at radius 2 is 2.06 bits per heavy atom. The third kappa shape index (κ3) is 6.24. The van der Waals surface area contributed by atoms with Gasteiger partial charge in [0.15, 0.2) is 0 Å². The van der Waals surface area contributed by atoms with Gasteiger partial charge in [-0.1, -0.05) is 57.4 Å². The lowest BCUT2D eigenvalue weighted by molar-refractivity contribution is -0.120. The number of hydrogen-bond donors (Lipinski definition) is 1. The Balaban J connectivity index is 0.00000137. The molecule has 1 N–H and O–H groups in total. The van der Waals surface area contributed by atoms with E-state index in [2.05, 4.69) is 18.5 Å². The summed E-state index contributed by atoms with van der Waals surface area (Å²) in [5.74, 6) is 0.547. The summed E-state index contributed by atoms with van der Waals surface area (Å²) < 4.78 is 0. The summed E-state index contributed by atoms with van der Waals surface area (Å²) in [6.45, 7) is 12.2. The number of allylic oxidation sites excluding steroid dienone is 5. The van der Waals surface area contributed by atoms with Gasteiger partial charge in [-0.2, -0.15) is 0 Å². The molecule has 0 aliphatic carbocycles. The van der Waals surface area contributed by atoms with Crippen molar-refractivity contribution in [3.63, 3.8) is 0 Å². The van der Waals surface area contributed by atoms with E-state index in [-0.39, 0.29) is 5.91 Å². The number of carbonyl (C=O) groups is 1. The second-order valence-corrected chi connectivity index (χ2v) is 3.88. The molecule has 0 saturated carbocycles. The average molecular weight is 247 g/mol. The fraction of sp³-hybridized carbons (Fsp3) is 0.438. The van der Waals surface area contributed by atoms with E-state index >= 15 is 0 Å². The van der Waals surface area contributed by atoms with Gasteiger partial charge in [0.05, 0.1) is 0 Å². The Kier molecular flexibility index (Phi) is 9.65. The van der Waals surface area contributed by atoms with Crippen molar-refractivity contribution in [3.05, 3.63) is 49.1 Å². The van der Waals surface area contributed by atoms with Gasteiger partial charge in [0.1, 0.15) is 0 Å². The summed E-state index contributed by atoms with van der Waals surface area (Å²) in [5.41, 5.74) is 1.18. The zero-order valence-electron chi connectivity index (χ0n) is 11.6. The molecule has 1 unspecified atom stereocenters. The van der Waals surface area contributed by atoms with Crippen LogP contribution in [0.5, 0.6) is 0 Å². The van der Waals surface area contributed by atoms with Crippen LogP contribution in [0.15, 0.2) is 49.1 Å². The molecular weight excluding hydrogens is 222 g/mol. The molecule has 1 rings (SSSR count). The molecule has 1 heterocycles. The maximum atomic E-state index is 11.2. The van der Waals surface area contributed by atoms with E-state index in [1.165, 1.54) is 5.57 Å². The molecular formula is C16H25NO. The largest absolute Gasteiger partial charge is 0.355 e. The van der Waals surface area contributed by atoms with Gasteiger partial charge < -0.3 is 5.32 Å². The van der Waals surface area contributed by atoms with E-state index in [1.54, 1.807) is 6.08 Å². The van der Waals surface area contributed by atoms with Gasteiger partial charge in [-0.3, -0.25) is 4.79 Å². The first kappa shape index (κ1) is 16.4. The molecule has 0 radical (unpaired) electrons. The van der Waals surface area contributed by atoms with Crippen LogP contribution in [0.1, 0.15) is 33.1 Å². The molecule has 100 valence electrons. The molecule has 0 aromatic heterocycles. The van der Waals surface area contributed by atoms with Crippen molar-refractivity contribution < 1.29 is 4.79 Å². The summed E-state index contributed by atoms with van der Waals surface area (Å²) >= 11 is 0. The molecule has 1 saturated heterocycles. The van der Waals surface area contributed by atoms with Gasteiger partial charge in [-0.15, -0.1) is 0 Å². The molecule has 2 nitrogen and oxygen atoms in total. The maximum absolute atomic E-state index is 11.2. The van der Waals surface area contributed by atoms with E-state index in [0.717, 1.165) is 19.4 Å². The van der Waals surface area contributed by atoms with Crippen LogP contribution in [0, 0.1) is 5.92 Å². The molecule has 0 bridgehead atoms. The maximum Gasteiger partial charge on any atom is 0.220 e. The summed E-state index contributed by atoms with van der Waals surface area (Å²) in [6.07, 6.45) is 12.1. The Morgan fingerprint density at radius 1 is 1.33 bits per heavy atom. The van der Waals surface area contributed by atoms with Crippen LogP contribution in [0.25, 0.3) is 0 Å². The number of hydrogen-bond acceptors (Lipinski definition) is 1. The number of rotatable bonds is 4. The first-order valence-electron chi connectivity index (χ1n) is 6.66. The van der Waals surface area contributed by atoms with Gasteiger partial charge in [0, 0.05) is 18.9 Å². The zero-order chi connectivity index (χ0) is 13.8. The van der Waals surface area contributed by atoms with Crippen molar-refractivity contribution in [1.29, 1.82) is 0 Å². The van der Waals surface area contributed by atoms with Crippen molar-refractivity contribution in [2.45, 2.75) is 33.1 Å². The number of nitrogens with one attached hydrogen (secondary N) is 1. The minimum Gasteiger partial charge on any atom is -0.355 e. The molecule has 1 amide bonds. The van der Waals surface area contributed by atoms with E-state index in [9.17, 15) is 4.79 Å². The fourth-order valence-corrected chi connectivity index (χ4v) is 1.84. The zero-order valence-corrected chi connectivity index (χ0v) is 11.6. The quantitative estimate of drug-likeness (QED) is 0.752. The first-order chi connectivity index (χ1) is 8.77. The third-order valence-electron chi connectivity index (χ3n) is 2.75. The van der Waals surface area contributed by atoms with Gasteiger partial charge in [0.25, 0.3) is 0 Å². The van der Waals surface area contributed by atoms with E-state index < -0.39 is 0 Å². The Labute approximate surface area is 111 Å². The fourth-order valence-electron chi connectivity index (χ4n) is 1.84. The van der Waals surface area contributed by atoms with Crippen molar-refractivity contribution in [2.75, 3.05) is 6.54 Å². The van der Waals surface area contributed by atoms with Crippen LogP contribution >= 0.6 is 0 Å². The van der Waals surface area contributed by atoms with Gasteiger partial charge in [0.2, 0.25) is 5.91 Å². The lowest BCUT2D eigenvalue weighted by atomic mass is 9.94. The van der Waals surface area contributed by atoms with Crippen LogP contribution < -0.4 is 5.32 Å². The number of amides is 1. The highest BCUT2D eigenvalue weighted by atomic mass is 16.1. The Morgan fingerprint density at radius 3 is 2.67 bits per heavy atom. The SMILES string of the molecule is C=C/C=C\C=C(/C=C)C1CCCC(=O)NC1.CC. The Hall–Kier alpha value is -1.57. The number of carbonyl (C=O) groups excluding carboxylic acids is 1. The standard InChI is InChI=1S/C14H19NO.C2H6/c1-3-5-6-8-12(4-2)13-9-7-10-14(16)15-11-13;1-2/h3-6,8,13H,1-2,7,9-11H2,(H,15,16);1-2H3/b6-5-,12-8+;. The van der Waals surface area contributed by atoms with Gasteiger partial charge in [-0.05, 0) is 18.4 Å². The van der Waals surface area contributed by atoms with E-state index in [1.807, 2.05) is 38.2 Å². The first-order valence-corrected chi connectivity index (χ1v) is 6.66. The highest BCUT2D eigenvalue weighted by Gasteiger charge is 2.17. The molecule has 1 atom stereocenters. The minimum atomic E-state index is 0.160. The molecule has 18 heavy (non-hydrogen) atoms. The average Bonchev–Trinajstić information content (AvgIpc) is 2.62. The molecule has 1 fully saturated rings. The molecule has 1 aliphatic heterocycles. The molecule has 0 aromatic rings. The van der Waals surface area contributed by atoms with Crippen LogP contribution in [0.4, 0.5) is 0 Å². The summed E-state index contributed by atoms with van der Waals surface area (Å²) in [6, 6.07) is 0. The molecule has 1 aliphatic rings. The summed E-state index contributed by atoms with van der Waals surface area (Å²) in [7, 11) is 0. The van der Waals surface area contributed by atoms with Crippen molar-refractivity contribution >= 4 is 5.91 Å². The highest BCUT2D eigenvalue weighted by Crippen LogP contribution is 2.21. The van der Waals surface area contributed by atoms with Crippen molar-refractivity contribution in [2.24, 2.45) is 5.92 Å². The smallest absolute Gasteiger partial charge is 0.220 e. The normalized spacial score (nSPS) is 20.4. The lowest BCUT2D eigenvalue weighted by Gasteiger charge is -2.14. The Bertz CT molecular complexity index is 326.